The molecule has 1 heterocycles. The van der Waals surface area contributed by atoms with Crippen molar-refractivity contribution in [3.8, 4) is 11.1 Å². The number of allylic oxidation sites excluding steroid dienone is 1. The van der Waals surface area contributed by atoms with E-state index in [0.29, 0.717) is 0 Å². The highest BCUT2D eigenvalue weighted by atomic mass is 16.3. The number of anilines is 1. The molecule has 4 rings (SSSR count). The normalized spacial score (nSPS) is 19.4. The first-order valence-corrected chi connectivity index (χ1v) is 9.49. The Morgan fingerprint density at radius 3 is 2.08 bits per heavy atom. The highest BCUT2D eigenvalue weighted by Gasteiger charge is 2.36. The third-order valence-corrected chi connectivity index (χ3v) is 6.59. The minimum atomic E-state index is -0.543. The van der Waals surface area contributed by atoms with Crippen molar-refractivity contribution in [2.75, 3.05) is 5.32 Å². The molecule has 1 unspecified atom stereocenters. The first-order chi connectivity index (χ1) is 12.0. The van der Waals surface area contributed by atoms with Crippen LogP contribution in [0.15, 0.2) is 12.1 Å². The van der Waals surface area contributed by atoms with Gasteiger partial charge in [-0.05, 0) is 117 Å². The summed E-state index contributed by atoms with van der Waals surface area (Å²) in [5.41, 5.74) is 14.7. The van der Waals surface area contributed by atoms with Crippen LogP contribution in [0.5, 0.6) is 0 Å². The molecule has 0 bridgehead atoms. The Morgan fingerprint density at radius 1 is 0.808 bits per heavy atom. The van der Waals surface area contributed by atoms with Gasteiger partial charge in [0.25, 0.3) is 0 Å². The molecule has 0 saturated carbocycles. The van der Waals surface area contributed by atoms with Crippen LogP contribution in [-0.4, -0.2) is 10.6 Å². The number of rotatable bonds is 0. The van der Waals surface area contributed by atoms with E-state index in [4.69, 9.17) is 0 Å². The monoisotopic (exact) mass is 347 g/mol. The Hall–Kier alpha value is -2.06. The summed E-state index contributed by atoms with van der Waals surface area (Å²) in [5.74, 6) is 0. The number of aliphatic hydroxyl groups excluding tert-OH is 1. The van der Waals surface area contributed by atoms with Crippen LogP contribution in [0.1, 0.15) is 71.4 Å². The topological polar surface area (TPSA) is 32.3 Å². The van der Waals surface area contributed by atoms with Crippen molar-refractivity contribution in [3.63, 3.8) is 0 Å². The van der Waals surface area contributed by atoms with Crippen LogP contribution in [-0.2, 0) is 0 Å². The van der Waals surface area contributed by atoms with Gasteiger partial charge in [-0.3, -0.25) is 0 Å². The Morgan fingerprint density at radius 2 is 1.42 bits per heavy atom. The molecule has 0 saturated heterocycles. The summed E-state index contributed by atoms with van der Waals surface area (Å²) in [7, 11) is 0. The van der Waals surface area contributed by atoms with E-state index in [-0.39, 0.29) is 5.54 Å². The molecule has 2 aliphatic rings. The summed E-state index contributed by atoms with van der Waals surface area (Å²) in [6.45, 7) is 17.5. The molecule has 1 aliphatic carbocycles. The van der Waals surface area contributed by atoms with Crippen molar-refractivity contribution in [1.82, 2.24) is 0 Å². The zero-order valence-electron chi connectivity index (χ0n) is 17.2. The number of aliphatic hydroxyl groups is 1. The molecule has 0 aromatic heterocycles. The van der Waals surface area contributed by atoms with Gasteiger partial charge in [0.05, 0.1) is 5.54 Å². The van der Waals surface area contributed by atoms with Crippen LogP contribution in [0.25, 0.3) is 16.7 Å². The minimum Gasteiger partial charge on any atom is -0.384 e. The van der Waals surface area contributed by atoms with Gasteiger partial charge in [0.15, 0.2) is 0 Å². The zero-order valence-corrected chi connectivity index (χ0v) is 17.2. The molecule has 2 aromatic carbocycles. The fraction of sp³-hybridized carbons (Fsp3) is 0.417. The maximum absolute atomic E-state index is 11.2. The lowest BCUT2D eigenvalue weighted by molar-refractivity contribution is 0.224. The quantitative estimate of drug-likeness (QED) is 0.622. The SMILES string of the molecule is CC1=CC(C)(C)Nc2cc3c(c(C)c21)-c1c(C)c(C)c(C)c(C)c1C3O. The molecule has 1 atom stereocenters. The number of hydrogen-bond acceptors (Lipinski definition) is 2. The van der Waals surface area contributed by atoms with Crippen molar-refractivity contribution in [2.45, 2.75) is 67.0 Å². The smallest absolute Gasteiger partial charge is 0.106 e. The first kappa shape index (κ1) is 17.4. The van der Waals surface area contributed by atoms with Crippen LogP contribution in [0, 0.1) is 34.6 Å². The molecule has 0 radical (unpaired) electrons. The molecular formula is C24H29NO. The molecule has 2 heteroatoms. The van der Waals surface area contributed by atoms with Gasteiger partial charge in [0.2, 0.25) is 0 Å². The second-order valence-electron chi connectivity index (χ2n) is 8.75. The predicted octanol–water partition coefficient (Wildman–Crippen LogP) is 5.90. The van der Waals surface area contributed by atoms with Crippen LogP contribution >= 0.6 is 0 Å². The van der Waals surface area contributed by atoms with E-state index < -0.39 is 6.10 Å². The number of fused-ring (bicyclic) bond motifs is 4. The van der Waals surface area contributed by atoms with Crippen molar-refractivity contribution in [1.29, 1.82) is 0 Å². The fourth-order valence-corrected chi connectivity index (χ4v) is 5.16. The van der Waals surface area contributed by atoms with Crippen molar-refractivity contribution in [3.05, 3.63) is 56.6 Å². The fourth-order valence-electron chi connectivity index (χ4n) is 5.16. The molecule has 2 nitrogen and oxygen atoms in total. The van der Waals surface area contributed by atoms with E-state index in [1.165, 1.54) is 50.1 Å². The van der Waals surface area contributed by atoms with Gasteiger partial charge in [-0.15, -0.1) is 0 Å². The number of hydrogen-bond donors (Lipinski definition) is 2. The van der Waals surface area contributed by atoms with Crippen molar-refractivity contribution >= 4 is 11.3 Å². The van der Waals surface area contributed by atoms with Gasteiger partial charge in [0, 0.05) is 11.3 Å². The van der Waals surface area contributed by atoms with E-state index in [2.05, 4.69) is 72.8 Å². The molecule has 2 aromatic rings. The highest BCUT2D eigenvalue weighted by molar-refractivity contribution is 5.93. The van der Waals surface area contributed by atoms with Gasteiger partial charge < -0.3 is 10.4 Å². The van der Waals surface area contributed by atoms with Crippen molar-refractivity contribution < 1.29 is 5.11 Å². The van der Waals surface area contributed by atoms with Gasteiger partial charge >= 0.3 is 0 Å². The lowest BCUT2D eigenvalue weighted by Crippen LogP contribution is -2.32. The third-order valence-electron chi connectivity index (χ3n) is 6.59. The predicted molar refractivity (Wildman–Crippen MR) is 111 cm³/mol. The molecule has 26 heavy (non-hydrogen) atoms. The summed E-state index contributed by atoms with van der Waals surface area (Å²) < 4.78 is 0. The summed E-state index contributed by atoms with van der Waals surface area (Å²) in [4.78, 5) is 0. The molecule has 0 fully saturated rings. The van der Waals surface area contributed by atoms with Gasteiger partial charge in [0.1, 0.15) is 6.10 Å². The second kappa shape index (κ2) is 5.23. The maximum atomic E-state index is 11.2. The largest absolute Gasteiger partial charge is 0.384 e. The Kier molecular flexibility index (Phi) is 3.49. The van der Waals surface area contributed by atoms with Crippen LogP contribution in [0.3, 0.4) is 0 Å². The standard InChI is InChI=1S/C24H29NO/c1-11-10-24(7,8)25-18-9-17-20(16(6)19(11)18)21-14(4)12(2)13(3)15(5)22(21)23(17)26/h9-10,23,25-26H,1-8H3. The molecule has 0 spiro atoms. The molecular weight excluding hydrogens is 318 g/mol. The molecule has 2 N–H and O–H groups in total. The summed E-state index contributed by atoms with van der Waals surface area (Å²) in [5, 5.41) is 14.9. The molecule has 0 amide bonds. The summed E-state index contributed by atoms with van der Waals surface area (Å²) in [6.07, 6.45) is 1.76. The molecule has 136 valence electrons. The summed E-state index contributed by atoms with van der Waals surface area (Å²) >= 11 is 0. The highest BCUT2D eigenvalue weighted by Crippen LogP contribution is 2.53. The van der Waals surface area contributed by atoms with E-state index >= 15 is 0 Å². The van der Waals surface area contributed by atoms with Crippen molar-refractivity contribution in [2.24, 2.45) is 0 Å². The average molecular weight is 348 g/mol. The number of benzene rings is 2. The third kappa shape index (κ3) is 2.08. The number of nitrogens with one attached hydrogen (secondary N) is 1. The van der Waals surface area contributed by atoms with E-state index in [1.807, 2.05) is 0 Å². The van der Waals surface area contributed by atoms with Crippen LogP contribution in [0.2, 0.25) is 0 Å². The zero-order chi connectivity index (χ0) is 19.1. The van der Waals surface area contributed by atoms with Crippen LogP contribution in [0.4, 0.5) is 5.69 Å². The lowest BCUT2D eigenvalue weighted by Gasteiger charge is -2.33. The van der Waals surface area contributed by atoms with Gasteiger partial charge in [-0.2, -0.15) is 0 Å². The first-order valence-electron chi connectivity index (χ1n) is 9.49. The Balaban J connectivity index is 2.10. The van der Waals surface area contributed by atoms with E-state index in [9.17, 15) is 5.11 Å². The average Bonchev–Trinajstić information content (AvgIpc) is 2.83. The van der Waals surface area contributed by atoms with E-state index in [0.717, 1.165) is 16.8 Å². The van der Waals surface area contributed by atoms with Gasteiger partial charge in [-0.25, -0.2) is 0 Å². The van der Waals surface area contributed by atoms with E-state index in [1.54, 1.807) is 0 Å². The maximum Gasteiger partial charge on any atom is 0.106 e. The Bertz CT molecular complexity index is 1010. The lowest BCUT2D eigenvalue weighted by atomic mass is 9.83. The summed E-state index contributed by atoms with van der Waals surface area (Å²) in [6, 6.07) is 2.18. The van der Waals surface area contributed by atoms with Crippen LogP contribution < -0.4 is 5.32 Å². The Labute approximate surface area is 157 Å². The van der Waals surface area contributed by atoms with Gasteiger partial charge in [-0.1, -0.05) is 6.08 Å². The molecule has 1 aliphatic heterocycles. The second-order valence-corrected chi connectivity index (χ2v) is 8.75. The minimum absolute atomic E-state index is 0.0762.